The number of para-hydroxylation sites is 1. The highest BCUT2D eigenvalue weighted by molar-refractivity contribution is 7.85. The molecule has 6 nitrogen and oxygen atoms in total. The zero-order chi connectivity index (χ0) is 26.9. The van der Waals surface area contributed by atoms with E-state index in [2.05, 4.69) is 54.5 Å². The van der Waals surface area contributed by atoms with Gasteiger partial charge in [0, 0.05) is 41.5 Å². The van der Waals surface area contributed by atoms with Crippen LogP contribution in [0.4, 0.5) is 5.69 Å². The molecule has 194 valence electrons. The summed E-state index contributed by atoms with van der Waals surface area (Å²) in [4.78, 5) is 12.9. The SMILES string of the molecule is CC1(C)C(/C=C/c2cc3cc4c(cc3oc2=O)C#CCCC=C4)=[N+](CCCCS(=O)(=O)O)c2ccccc21. The summed E-state index contributed by atoms with van der Waals surface area (Å²) in [6.07, 6.45) is 10.6. The lowest BCUT2D eigenvalue weighted by Gasteiger charge is -2.15. The summed E-state index contributed by atoms with van der Waals surface area (Å²) in [6.45, 7) is 4.86. The van der Waals surface area contributed by atoms with Gasteiger partial charge in [0.05, 0.1) is 16.7 Å². The maximum atomic E-state index is 12.9. The average molecular weight is 529 g/mol. The standard InChI is InChI=1S/C31H29NO5S/c1-31(2)26-13-7-8-14-27(26)32(17-9-10-18-38(34,35)36)29(31)16-15-24-20-25-19-22-11-5-3-4-6-12-23(22)21-28(25)37-30(24)33/h5,7-8,11,13-16,19-21H,3-4,9-10,17-18H2,1-2H3/p+1/b11-5?,16-15+. The third-order valence-electron chi connectivity index (χ3n) is 7.14. The van der Waals surface area contributed by atoms with E-state index in [4.69, 9.17) is 8.97 Å². The molecule has 0 bridgehead atoms. The molecule has 0 atom stereocenters. The van der Waals surface area contributed by atoms with Crippen molar-refractivity contribution in [1.82, 2.24) is 0 Å². The van der Waals surface area contributed by atoms with Gasteiger partial charge >= 0.3 is 5.63 Å². The Morgan fingerprint density at radius 2 is 1.95 bits per heavy atom. The van der Waals surface area contributed by atoms with Crippen LogP contribution in [0.3, 0.4) is 0 Å². The van der Waals surface area contributed by atoms with Gasteiger partial charge < -0.3 is 4.42 Å². The van der Waals surface area contributed by atoms with E-state index in [0.29, 0.717) is 30.5 Å². The minimum absolute atomic E-state index is 0.264. The van der Waals surface area contributed by atoms with Crippen molar-refractivity contribution in [3.05, 3.63) is 87.3 Å². The van der Waals surface area contributed by atoms with Crippen molar-refractivity contribution in [2.45, 2.75) is 44.9 Å². The van der Waals surface area contributed by atoms with Crippen molar-refractivity contribution < 1.29 is 22.0 Å². The fourth-order valence-corrected chi connectivity index (χ4v) is 5.76. The van der Waals surface area contributed by atoms with Crippen molar-refractivity contribution in [2.75, 3.05) is 12.3 Å². The molecule has 2 heterocycles. The van der Waals surface area contributed by atoms with Crippen LogP contribution in [-0.2, 0) is 15.5 Å². The third-order valence-corrected chi connectivity index (χ3v) is 7.95. The van der Waals surface area contributed by atoms with Gasteiger partial charge in [-0.2, -0.15) is 13.0 Å². The fourth-order valence-electron chi connectivity index (χ4n) is 5.19. The monoisotopic (exact) mass is 528 g/mol. The second kappa shape index (κ2) is 10.2. The maximum absolute atomic E-state index is 12.9. The summed E-state index contributed by atoms with van der Waals surface area (Å²) in [6, 6.07) is 13.8. The Balaban J connectivity index is 1.52. The molecule has 1 aliphatic carbocycles. The van der Waals surface area contributed by atoms with Crippen molar-refractivity contribution in [3.63, 3.8) is 0 Å². The molecule has 1 N–H and O–H groups in total. The van der Waals surface area contributed by atoms with Gasteiger partial charge in [-0.05, 0) is 56.5 Å². The van der Waals surface area contributed by atoms with Gasteiger partial charge in [0.1, 0.15) is 12.1 Å². The molecule has 2 aromatic carbocycles. The van der Waals surface area contributed by atoms with Crippen LogP contribution in [0.15, 0.2) is 63.8 Å². The minimum Gasteiger partial charge on any atom is -0.422 e. The molecule has 1 aliphatic heterocycles. The summed E-state index contributed by atoms with van der Waals surface area (Å²) in [5.74, 6) is 6.06. The smallest absolute Gasteiger partial charge is 0.343 e. The summed E-state index contributed by atoms with van der Waals surface area (Å²) in [5.41, 5.74) is 5.29. The maximum Gasteiger partial charge on any atom is 0.343 e. The molecule has 1 aromatic heterocycles. The van der Waals surface area contributed by atoms with E-state index >= 15 is 0 Å². The lowest BCUT2D eigenvalue weighted by atomic mass is 9.81. The molecule has 0 saturated heterocycles. The molecule has 3 aromatic rings. The van der Waals surface area contributed by atoms with Crippen LogP contribution in [0.2, 0.25) is 0 Å². The average Bonchev–Trinajstić information content (AvgIpc) is 3.06. The fraction of sp³-hybridized carbons (Fsp3) is 0.290. The molecule has 5 rings (SSSR count). The van der Waals surface area contributed by atoms with Gasteiger partial charge in [-0.3, -0.25) is 4.55 Å². The predicted octanol–water partition coefficient (Wildman–Crippen LogP) is 5.71. The topological polar surface area (TPSA) is 87.6 Å². The van der Waals surface area contributed by atoms with Gasteiger partial charge in [-0.1, -0.05) is 42.2 Å². The molecular weight excluding hydrogens is 498 g/mol. The molecule has 0 fully saturated rings. The van der Waals surface area contributed by atoms with Crippen molar-refractivity contribution in [2.24, 2.45) is 0 Å². The molecule has 2 aliphatic rings. The van der Waals surface area contributed by atoms with E-state index in [9.17, 15) is 13.2 Å². The number of nitrogens with zero attached hydrogens (tertiary/aromatic N) is 1. The lowest BCUT2D eigenvalue weighted by molar-refractivity contribution is -0.438. The van der Waals surface area contributed by atoms with E-state index < -0.39 is 15.7 Å². The van der Waals surface area contributed by atoms with E-state index in [1.807, 2.05) is 36.4 Å². The first-order chi connectivity index (χ1) is 18.1. The minimum atomic E-state index is -3.99. The highest BCUT2D eigenvalue weighted by Crippen LogP contribution is 2.40. The third kappa shape index (κ3) is 5.28. The Kier molecular flexibility index (Phi) is 6.95. The van der Waals surface area contributed by atoms with E-state index in [-0.39, 0.29) is 11.2 Å². The first-order valence-electron chi connectivity index (χ1n) is 12.8. The number of rotatable bonds is 7. The number of unbranched alkanes of at least 4 members (excludes halogenated alkanes) is 1. The summed E-state index contributed by atoms with van der Waals surface area (Å²) < 4.78 is 39.3. The van der Waals surface area contributed by atoms with Crippen LogP contribution in [-0.4, -0.2) is 35.6 Å². The second-order valence-electron chi connectivity index (χ2n) is 10.2. The van der Waals surface area contributed by atoms with Gasteiger partial charge in [0.25, 0.3) is 10.1 Å². The molecular formula is C31H30NO5S+. The Labute approximate surface area is 222 Å². The lowest BCUT2D eigenvalue weighted by Crippen LogP contribution is -2.28. The number of hydrogen-bond acceptors (Lipinski definition) is 4. The number of hydrogen-bond donors (Lipinski definition) is 1. The summed E-state index contributed by atoms with van der Waals surface area (Å²) in [7, 11) is -3.99. The van der Waals surface area contributed by atoms with Crippen molar-refractivity contribution in [3.8, 4) is 11.8 Å². The van der Waals surface area contributed by atoms with Crippen LogP contribution < -0.4 is 5.63 Å². The molecule has 0 spiro atoms. The molecule has 0 unspecified atom stereocenters. The zero-order valence-electron chi connectivity index (χ0n) is 21.5. The number of fused-ring (bicyclic) bond motifs is 3. The normalized spacial score (nSPS) is 16.2. The highest BCUT2D eigenvalue weighted by Gasteiger charge is 2.43. The second-order valence-corrected chi connectivity index (χ2v) is 11.8. The summed E-state index contributed by atoms with van der Waals surface area (Å²) in [5, 5.41) is 0.830. The van der Waals surface area contributed by atoms with Gasteiger partial charge in [-0.25, -0.2) is 4.79 Å². The Bertz CT molecular complexity index is 1740. The van der Waals surface area contributed by atoms with Crippen LogP contribution in [0.1, 0.15) is 61.8 Å². The Morgan fingerprint density at radius 3 is 2.76 bits per heavy atom. The van der Waals surface area contributed by atoms with Gasteiger partial charge in [-0.15, -0.1) is 0 Å². The van der Waals surface area contributed by atoms with Crippen molar-refractivity contribution in [1.29, 1.82) is 0 Å². The largest absolute Gasteiger partial charge is 0.422 e. The van der Waals surface area contributed by atoms with Gasteiger partial charge in [0.15, 0.2) is 5.71 Å². The Morgan fingerprint density at radius 1 is 1.13 bits per heavy atom. The molecule has 0 amide bonds. The van der Waals surface area contributed by atoms with Gasteiger partial charge in [0.2, 0.25) is 5.69 Å². The van der Waals surface area contributed by atoms with Crippen molar-refractivity contribution >= 4 is 44.6 Å². The highest BCUT2D eigenvalue weighted by atomic mass is 32.2. The number of allylic oxidation sites excluding steroid dienone is 2. The van der Waals surface area contributed by atoms with Crippen LogP contribution in [0.25, 0.3) is 23.1 Å². The number of benzene rings is 2. The van der Waals surface area contributed by atoms with E-state index in [1.165, 1.54) is 0 Å². The summed E-state index contributed by atoms with van der Waals surface area (Å²) >= 11 is 0. The quantitative estimate of drug-likeness (QED) is 0.140. The zero-order valence-corrected chi connectivity index (χ0v) is 22.3. The van der Waals surface area contributed by atoms with Crippen LogP contribution in [0, 0.1) is 11.8 Å². The van der Waals surface area contributed by atoms with E-state index in [1.54, 1.807) is 6.08 Å². The molecule has 0 saturated carbocycles. The Hall–Kier alpha value is -3.73. The predicted molar refractivity (Wildman–Crippen MR) is 152 cm³/mol. The molecule has 7 heteroatoms. The van der Waals surface area contributed by atoms with E-state index in [0.717, 1.165) is 46.3 Å². The first-order valence-corrected chi connectivity index (χ1v) is 14.4. The van der Waals surface area contributed by atoms with Crippen LogP contribution >= 0.6 is 0 Å². The molecule has 0 radical (unpaired) electrons. The van der Waals surface area contributed by atoms with Crippen LogP contribution in [0.5, 0.6) is 0 Å². The molecule has 38 heavy (non-hydrogen) atoms. The first kappa shape index (κ1) is 25.9.